The molecule has 2 amide bonds. The molecule has 1 aliphatic heterocycles. The van der Waals surface area contributed by atoms with Crippen molar-refractivity contribution in [2.45, 2.75) is 45.1 Å². The van der Waals surface area contributed by atoms with E-state index < -0.39 is 0 Å². The molecule has 0 bridgehead atoms. The number of hydrogen-bond donors (Lipinski definition) is 2. The van der Waals surface area contributed by atoms with Crippen LogP contribution in [0.2, 0.25) is 0 Å². The monoisotopic (exact) mass is 372 g/mol. The fourth-order valence-corrected chi connectivity index (χ4v) is 3.44. The summed E-state index contributed by atoms with van der Waals surface area (Å²) in [6.45, 7) is 3.78. The lowest BCUT2D eigenvalue weighted by atomic mass is 9.88. The molecule has 2 N–H and O–H groups in total. The minimum atomic E-state index is -0.358. The number of aromatic nitrogens is 2. The van der Waals surface area contributed by atoms with E-state index in [2.05, 4.69) is 15.5 Å². The largest absolute Gasteiger partial charge is 0.392 e. The molecule has 0 radical (unpaired) electrons. The van der Waals surface area contributed by atoms with E-state index in [1.54, 1.807) is 0 Å². The van der Waals surface area contributed by atoms with E-state index in [4.69, 9.17) is 4.52 Å². The number of amides is 2. The van der Waals surface area contributed by atoms with Crippen molar-refractivity contribution >= 4 is 6.03 Å². The lowest BCUT2D eigenvalue weighted by Crippen LogP contribution is -2.46. The van der Waals surface area contributed by atoms with Gasteiger partial charge in [0.25, 0.3) is 0 Å². The number of benzene rings is 1. The van der Waals surface area contributed by atoms with Crippen LogP contribution in [0.3, 0.4) is 0 Å². The van der Waals surface area contributed by atoms with Crippen LogP contribution in [0.15, 0.2) is 34.9 Å². The first-order chi connectivity index (χ1) is 13.2. The van der Waals surface area contributed by atoms with Crippen LogP contribution >= 0.6 is 0 Å². The highest BCUT2D eigenvalue weighted by molar-refractivity contribution is 5.74. The van der Waals surface area contributed by atoms with Crippen LogP contribution in [0.5, 0.6) is 0 Å². The third-order valence-corrected chi connectivity index (χ3v) is 5.10. The summed E-state index contributed by atoms with van der Waals surface area (Å²) >= 11 is 0. The molecule has 2 heterocycles. The Morgan fingerprint density at radius 3 is 2.74 bits per heavy atom. The maximum absolute atomic E-state index is 12.3. The standard InChI is InChI=1S/C20H28N4O3/c1-2-19-22-18(23-27-19)8-11-21-20(26)24-12-9-16(10-13-24)17(25)14-15-6-4-3-5-7-15/h3-7,16-17,25H,2,8-14H2,1H3,(H,21,26)/t17-/m1/s1. The fourth-order valence-electron chi connectivity index (χ4n) is 3.44. The van der Waals surface area contributed by atoms with Crippen LogP contribution in [0.4, 0.5) is 4.79 Å². The fraction of sp³-hybridized carbons (Fsp3) is 0.550. The molecule has 2 aromatic rings. The second-order valence-corrected chi connectivity index (χ2v) is 7.02. The molecule has 1 aromatic carbocycles. The number of aliphatic hydroxyl groups is 1. The maximum atomic E-state index is 12.3. The summed E-state index contributed by atoms with van der Waals surface area (Å²) in [4.78, 5) is 18.4. The van der Waals surface area contributed by atoms with Crippen molar-refractivity contribution in [1.29, 1.82) is 0 Å². The summed E-state index contributed by atoms with van der Waals surface area (Å²) in [5, 5.41) is 17.3. The van der Waals surface area contributed by atoms with Crippen molar-refractivity contribution in [2.24, 2.45) is 5.92 Å². The molecule has 0 aliphatic carbocycles. The smallest absolute Gasteiger partial charge is 0.317 e. The Labute approximate surface area is 159 Å². The summed E-state index contributed by atoms with van der Waals surface area (Å²) in [6, 6.07) is 9.98. The number of aryl methyl sites for hydroxylation is 1. The lowest BCUT2D eigenvalue weighted by molar-refractivity contribution is 0.0672. The molecule has 1 aromatic heterocycles. The average molecular weight is 372 g/mol. The highest BCUT2D eigenvalue weighted by atomic mass is 16.5. The van der Waals surface area contributed by atoms with Gasteiger partial charge in [-0.1, -0.05) is 42.4 Å². The van der Waals surface area contributed by atoms with E-state index in [0.717, 1.165) is 18.4 Å². The molecular weight excluding hydrogens is 344 g/mol. The van der Waals surface area contributed by atoms with Gasteiger partial charge in [-0.05, 0) is 30.7 Å². The van der Waals surface area contributed by atoms with Crippen LogP contribution < -0.4 is 5.32 Å². The predicted octanol–water partition coefficient (Wildman–Crippen LogP) is 2.20. The summed E-state index contributed by atoms with van der Waals surface area (Å²) in [5.41, 5.74) is 1.15. The number of urea groups is 1. The molecule has 27 heavy (non-hydrogen) atoms. The van der Waals surface area contributed by atoms with Crippen molar-refractivity contribution in [3.05, 3.63) is 47.6 Å². The number of aliphatic hydroxyl groups excluding tert-OH is 1. The van der Waals surface area contributed by atoms with Crippen LogP contribution in [0.1, 0.15) is 37.0 Å². The molecule has 7 nitrogen and oxygen atoms in total. The Kier molecular flexibility index (Phi) is 6.81. The van der Waals surface area contributed by atoms with Crippen LogP contribution in [-0.2, 0) is 19.3 Å². The predicted molar refractivity (Wildman–Crippen MR) is 101 cm³/mol. The number of nitrogens with zero attached hydrogens (tertiary/aromatic N) is 3. The molecule has 1 atom stereocenters. The molecule has 1 saturated heterocycles. The third kappa shape index (κ3) is 5.53. The summed E-state index contributed by atoms with van der Waals surface area (Å²) < 4.78 is 5.06. The van der Waals surface area contributed by atoms with Gasteiger partial charge >= 0.3 is 6.03 Å². The highest BCUT2D eigenvalue weighted by Gasteiger charge is 2.27. The van der Waals surface area contributed by atoms with Gasteiger partial charge in [0.2, 0.25) is 5.89 Å². The van der Waals surface area contributed by atoms with Crippen LogP contribution in [0, 0.1) is 5.92 Å². The van der Waals surface area contributed by atoms with E-state index in [9.17, 15) is 9.90 Å². The Balaban J connectivity index is 1.37. The minimum Gasteiger partial charge on any atom is -0.392 e. The second-order valence-electron chi connectivity index (χ2n) is 7.02. The van der Waals surface area contributed by atoms with Gasteiger partial charge in [-0.3, -0.25) is 0 Å². The molecule has 1 aliphatic rings. The quantitative estimate of drug-likeness (QED) is 0.777. The Morgan fingerprint density at radius 1 is 1.33 bits per heavy atom. The SMILES string of the molecule is CCc1nc(CCNC(=O)N2CCC([C@H](O)Cc3ccccc3)CC2)no1. The molecule has 146 valence electrons. The van der Waals surface area contributed by atoms with E-state index in [-0.39, 0.29) is 18.1 Å². The molecule has 0 unspecified atom stereocenters. The van der Waals surface area contributed by atoms with E-state index in [0.29, 0.717) is 50.6 Å². The van der Waals surface area contributed by atoms with Crippen molar-refractivity contribution in [3.63, 3.8) is 0 Å². The van der Waals surface area contributed by atoms with Gasteiger partial charge in [0.05, 0.1) is 6.10 Å². The third-order valence-electron chi connectivity index (χ3n) is 5.10. The first-order valence-corrected chi connectivity index (χ1v) is 9.72. The van der Waals surface area contributed by atoms with Gasteiger partial charge in [0.1, 0.15) is 0 Å². The zero-order valence-corrected chi connectivity index (χ0v) is 15.8. The molecular formula is C20H28N4O3. The van der Waals surface area contributed by atoms with Crippen molar-refractivity contribution in [2.75, 3.05) is 19.6 Å². The number of likely N-dealkylation sites (tertiary alicyclic amines) is 1. The van der Waals surface area contributed by atoms with E-state index in [1.165, 1.54) is 0 Å². The zero-order chi connectivity index (χ0) is 19.1. The van der Waals surface area contributed by atoms with Crippen molar-refractivity contribution in [3.8, 4) is 0 Å². The Bertz CT molecular complexity index is 711. The number of carbonyl (C=O) groups is 1. The second kappa shape index (κ2) is 9.50. The van der Waals surface area contributed by atoms with Crippen LogP contribution in [0.25, 0.3) is 0 Å². The molecule has 1 fully saturated rings. The number of nitrogens with one attached hydrogen (secondary N) is 1. The van der Waals surface area contributed by atoms with Gasteiger partial charge in [-0.2, -0.15) is 4.98 Å². The molecule has 0 saturated carbocycles. The highest BCUT2D eigenvalue weighted by Crippen LogP contribution is 2.23. The van der Waals surface area contributed by atoms with Gasteiger partial charge in [-0.15, -0.1) is 0 Å². The Hall–Kier alpha value is -2.41. The van der Waals surface area contributed by atoms with E-state index >= 15 is 0 Å². The molecule has 0 spiro atoms. The van der Waals surface area contributed by atoms with Gasteiger partial charge in [0, 0.05) is 32.5 Å². The molecule has 3 rings (SSSR count). The van der Waals surface area contributed by atoms with Gasteiger partial charge in [0.15, 0.2) is 5.82 Å². The lowest BCUT2D eigenvalue weighted by Gasteiger charge is -2.34. The number of hydrogen-bond acceptors (Lipinski definition) is 5. The van der Waals surface area contributed by atoms with Gasteiger partial charge < -0.3 is 19.8 Å². The van der Waals surface area contributed by atoms with Crippen molar-refractivity contribution in [1.82, 2.24) is 20.4 Å². The number of carbonyl (C=O) groups excluding carboxylic acids is 1. The normalized spacial score (nSPS) is 16.3. The van der Waals surface area contributed by atoms with Crippen LogP contribution in [-0.4, -0.2) is 51.9 Å². The Morgan fingerprint density at radius 2 is 2.07 bits per heavy atom. The summed E-state index contributed by atoms with van der Waals surface area (Å²) in [5.74, 6) is 1.48. The number of rotatable bonds is 7. The average Bonchev–Trinajstić information content (AvgIpc) is 3.17. The minimum absolute atomic E-state index is 0.0646. The summed E-state index contributed by atoms with van der Waals surface area (Å²) in [6.07, 6.45) is 3.23. The first-order valence-electron chi connectivity index (χ1n) is 9.72. The van der Waals surface area contributed by atoms with Gasteiger partial charge in [-0.25, -0.2) is 4.79 Å². The molecule has 7 heteroatoms. The first kappa shape index (κ1) is 19.4. The zero-order valence-electron chi connectivity index (χ0n) is 15.8. The summed E-state index contributed by atoms with van der Waals surface area (Å²) in [7, 11) is 0. The number of piperidine rings is 1. The maximum Gasteiger partial charge on any atom is 0.317 e. The topological polar surface area (TPSA) is 91.5 Å². The van der Waals surface area contributed by atoms with Crippen molar-refractivity contribution < 1.29 is 14.4 Å². The van der Waals surface area contributed by atoms with E-state index in [1.807, 2.05) is 42.2 Å².